The molecule has 1 aliphatic carbocycles. The third kappa shape index (κ3) is 10.1. The first-order chi connectivity index (χ1) is 13.9. The molecular formula is C23H39NO5. The Bertz CT molecular complexity index is 545. The highest BCUT2D eigenvalue weighted by Crippen LogP contribution is 2.33. The summed E-state index contributed by atoms with van der Waals surface area (Å²) >= 11 is 0. The predicted molar refractivity (Wildman–Crippen MR) is 115 cm³/mol. The van der Waals surface area contributed by atoms with Crippen LogP contribution in [0.1, 0.15) is 71.6 Å². The van der Waals surface area contributed by atoms with E-state index in [-0.39, 0.29) is 30.1 Å². The van der Waals surface area contributed by atoms with E-state index >= 15 is 0 Å². The molecule has 0 radical (unpaired) electrons. The lowest BCUT2D eigenvalue weighted by Crippen LogP contribution is -2.24. The van der Waals surface area contributed by atoms with Gasteiger partial charge in [-0.1, -0.05) is 50.5 Å². The molecule has 0 aromatic rings. The minimum Gasteiger partial charge on any atom is -0.447 e. The number of carbonyl (C=O) groups is 2. The number of hydrogen-bond acceptors (Lipinski definition) is 5. The Morgan fingerprint density at radius 2 is 2.03 bits per heavy atom. The highest BCUT2D eigenvalue weighted by Gasteiger charge is 2.39. The van der Waals surface area contributed by atoms with E-state index in [9.17, 15) is 19.8 Å². The lowest BCUT2D eigenvalue weighted by atomic mass is 9.90. The molecule has 29 heavy (non-hydrogen) atoms. The molecule has 0 heterocycles. The Balaban J connectivity index is 2.40. The lowest BCUT2D eigenvalue weighted by molar-refractivity contribution is -0.121. The maximum absolute atomic E-state index is 12.2. The molecule has 1 amide bonds. The average molecular weight is 410 g/mol. The van der Waals surface area contributed by atoms with Gasteiger partial charge >= 0.3 is 6.09 Å². The summed E-state index contributed by atoms with van der Waals surface area (Å²) in [7, 11) is 1.54. The number of rotatable bonds is 13. The Kier molecular flexibility index (Phi) is 12.6. The second-order valence-corrected chi connectivity index (χ2v) is 7.97. The van der Waals surface area contributed by atoms with E-state index in [2.05, 4.69) is 12.2 Å². The van der Waals surface area contributed by atoms with Gasteiger partial charge in [-0.15, -0.1) is 0 Å². The van der Waals surface area contributed by atoms with Crippen LogP contribution in [0.2, 0.25) is 0 Å². The van der Waals surface area contributed by atoms with Gasteiger partial charge in [0.25, 0.3) is 0 Å². The van der Waals surface area contributed by atoms with Crippen molar-refractivity contribution in [3.63, 3.8) is 0 Å². The maximum Gasteiger partial charge on any atom is 0.407 e. The van der Waals surface area contributed by atoms with Gasteiger partial charge in [-0.25, -0.2) is 4.79 Å². The van der Waals surface area contributed by atoms with E-state index in [1.165, 1.54) is 7.05 Å². The van der Waals surface area contributed by atoms with Crippen LogP contribution in [0.5, 0.6) is 0 Å². The van der Waals surface area contributed by atoms with E-state index in [1.54, 1.807) is 6.08 Å². The first-order valence-corrected chi connectivity index (χ1v) is 11.0. The number of Topliss-reactive ketones (excluding diaryl/α,β-unsaturated/α-hetero) is 1. The monoisotopic (exact) mass is 409 g/mol. The lowest BCUT2D eigenvalue weighted by Gasteiger charge is -2.16. The summed E-state index contributed by atoms with van der Waals surface area (Å²) in [6.45, 7) is 3.99. The van der Waals surface area contributed by atoms with Gasteiger partial charge in [-0.2, -0.15) is 0 Å². The summed E-state index contributed by atoms with van der Waals surface area (Å²) < 4.78 is 5.13. The Morgan fingerprint density at radius 1 is 1.28 bits per heavy atom. The van der Waals surface area contributed by atoms with Crippen LogP contribution in [0, 0.1) is 11.8 Å². The highest BCUT2D eigenvalue weighted by molar-refractivity contribution is 5.84. The normalized spacial score (nSPS) is 24.3. The summed E-state index contributed by atoms with van der Waals surface area (Å²) in [4.78, 5) is 23.4. The fourth-order valence-corrected chi connectivity index (χ4v) is 3.67. The van der Waals surface area contributed by atoms with Crippen molar-refractivity contribution in [3.8, 4) is 0 Å². The van der Waals surface area contributed by atoms with Crippen molar-refractivity contribution in [1.82, 2.24) is 5.32 Å². The van der Waals surface area contributed by atoms with Crippen molar-refractivity contribution >= 4 is 11.9 Å². The molecule has 1 aliphatic rings. The second kappa shape index (κ2) is 14.3. The van der Waals surface area contributed by atoms with E-state index < -0.39 is 18.3 Å². The molecule has 6 heteroatoms. The number of alkyl carbamates (subject to hydrolysis) is 1. The van der Waals surface area contributed by atoms with Gasteiger partial charge in [0.15, 0.2) is 0 Å². The standard InChI is InChI=1S/C23H39NO5/c1-4-5-8-12-18(25)14-15-20-19(21(26)16-22(20)27)13-10-7-6-9-11-17(2)29-23(28)24-3/h7,10,14-15,17-20,22,25,27H,4-6,8-9,11-13,16H2,1-3H3,(H,24,28)/t17?,18-,19+,20+,22+/m0/s1. The van der Waals surface area contributed by atoms with Gasteiger partial charge in [0.05, 0.1) is 12.2 Å². The number of allylic oxidation sites excluding steroid dienone is 2. The van der Waals surface area contributed by atoms with E-state index in [0.717, 1.165) is 38.5 Å². The summed E-state index contributed by atoms with van der Waals surface area (Å²) in [5.74, 6) is -0.366. The summed E-state index contributed by atoms with van der Waals surface area (Å²) in [5, 5.41) is 22.7. The molecule has 0 aliphatic heterocycles. The summed E-state index contributed by atoms with van der Waals surface area (Å²) in [5.41, 5.74) is 0. The molecule has 0 bridgehead atoms. The maximum atomic E-state index is 12.2. The van der Waals surface area contributed by atoms with Crippen LogP contribution in [0.25, 0.3) is 0 Å². The van der Waals surface area contributed by atoms with E-state index in [4.69, 9.17) is 4.74 Å². The molecule has 1 unspecified atom stereocenters. The number of hydrogen-bond donors (Lipinski definition) is 3. The molecule has 1 saturated carbocycles. The van der Waals surface area contributed by atoms with Crippen molar-refractivity contribution in [2.24, 2.45) is 11.8 Å². The number of aliphatic hydroxyl groups excluding tert-OH is 2. The van der Waals surface area contributed by atoms with Crippen molar-refractivity contribution in [2.75, 3.05) is 7.05 Å². The van der Waals surface area contributed by atoms with E-state index in [0.29, 0.717) is 12.8 Å². The van der Waals surface area contributed by atoms with Crippen LogP contribution in [0.15, 0.2) is 24.3 Å². The number of amides is 1. The first-order valence-electron chi connectivity index (χ1n) is 11.0. The number of nitrogens with one attached hydrogen (secondary N) is 1. The molecule has 1 rings (SSSR count). The van der Waals surface area contributed by atoms with Gasteiger partial charge in [0, 0.05) is 25.3 Å². The van der Waals surface area contributed by atoms with Crippen molar-refractivity contribution in [2.45, 2.75) is 89.9 Å². The number of carbonyl (C=O) groups excluding carboxylic acids is 2. The zero-order chi connectivity index (χ0) is 21.6. The molecule has 0 aromatic carbocycles. The number of aliphatic hydroxyl groups is 2. The molecule has 1 fully saturated rings. The molecule has 166 valence electrons. The zero-order valence-corrected chi connectivity index (χ0v) is 18.2. The van der Waals surface area contributed by atoms with Crippen LogP contribution in [0.4, 0.5) is 4.79 Å². The predicted octanol–water partition coefficient (Wildman–Crippen LogP) is 3.91. The smallest absolute Gasteiger partial charge is 0.407 e. The number of ether oxygens (including phenoxy) is 1. The largest absolute Gasteiger partial charge is 0.447 e. The first kappa shape index (κ1) is 25.4. The average Bonchev–Trinajstić information content (AvgIpc) is 2.95. The van der Waals surface area contributed by atoms with Crippen LogP contribution in [-0.2, 0) is 9.53 Å². The molecule has 0 spiro atoms. The third-order valence-electron chi connectivity index (χ3n) is 5.44. The van der Waals surface area contributed by atoms with Crippen molar-refractivity contribution in [1.29, 1.82) is 0 Å². The highest BCUT2D eigenvalue weighted by atomic mass is 16.6. The van der Waals surface area contributed by atoms with E-state index in [1.807, 2.05) is 25.2 Å². The van der Waals surface area contributed by atoms with Crippen LogP contribution in [-0.4, -0.2) is 47.4 Å². The minimum absolute atomic E-state index is 0.0878. The molecular weight excluding hydrogens is 370 g/mol. The number of ketones is 1. The summed E-state index contributed by atoms with van der Waals surface area (Å²) in [6, 6.07) is 0. The molecule has 5 atom stereocenters. The second-order valence-electron chi connectivity index (χ2n) is 7.97. The quantitative estimate of drug-likeness (QED) is 0.317. The van der Waals surface area contributed by atoms with Gasteiger partial charge in [-0.3, -0.25) is 4.79 Å². The third-order valence-corrected chi connectivity index (χ3v) is 5.44. The van der Waals surface area contributed by atoms with Crippen molar-refractivity contribution in [3.05, 3.63) is 24.3 Å². The topological polar surface area (TPSA) is 95.9 Å². The fraction of sp³-hybridized carbons (Fsp3) is 0.739. The molecule has 6 nitrogen and oxygen atoms in total. The van der Waals surface area contributed by atoms with Crippen LogP contribution >= 0.6 is 0 Å². The van der Waals surface area contributed by atoms with Crippen molar-refractivity contribution < 1.29 is 24.5 Å². The number of unbranched alkanes of at least 4 members (excludes halogenated alkanes) is 3. The Hall–Kier alpha value is -1.66. The SMILES string of the molecule is CCCCC[C@H](O)C=C[C@H]1[C@H](O)CC(=O)[C@@H]1CC=CCCCC(C)OC(=O)NC. The Labute approximate surface area is 175 Å². The zero-order valence-electron chi connectivity index (χ0n) is 18.2. The van der Waals surface area contributed by atoms with Crippen LogP contribution in [0.3, 0.4) is 0 Å². The van der Waals surface area contributed by atoms with Gasteiger partial charge in [-0.05, 0) is 39.0 Å². The van der Waals surface area contributed by atoms with Crippen LogP contribution < -0.4 is 5.32 Å². The molecule has 0 saturated heterocycles. The molecule has 0 aromatic heterocycles. The fourth-order valence-electron chi connectivity index (χ4n) is 3.67. The minimum atomic E-state index is -0.664. The summed E-state index contributed by atoms with van der Waals surface area (Å²) in [6.07, 6.45) is 13.1. The molecule has 3 N–H and O–H groups in total. The van der Waals surface area contributed by atoms with Gasteiger partial charge in [0.1, 0.15) is 11.9 Å². The Morgan fingerprint density at radius 3 is 2.72 bits per heavy atom. The van der Waals surface area contributed by atoms with Gasteiger partial charge in [0.2, 0.25) is 0 Å². The van der Waals surface area contributed by atoms with Gasteiger partial charge < -0.3 is 20.3 Å².